The van der Waals surface area contributed by atoms with E-state index in [4.69, 9.17) is 0 Å². The van der Waals surface area contributed by atoms with Crippen LogP contribution < -0.4 is 5.32 Å². The SMILES string of the molecule is CC1CCN(CC(=O)NC(Cc2cccc(F)c2)C(=O)O)CC1. The molecule has 0 spiro atoms. The van der Waals surface area contributed by atoms with Gasteiger partial charge in [0, 0.05) is 6.42 Å². The summed E-state index contributed by atoms with van der Waals surface area (Å²) in [5.74, 6) is -1.16. The summed E-state index contributed by atoms with van der Waals surface area (Å²) in [6, 6.07) is 4.72. The number of nitrogens with one attached hydrogen (secondary N) is 1. The zero-order valence-electron chi connectivity index (χ0n) is 13.3. The molecule has 1 amide bonds. The lowest BCUT2D eigenvalue weighted by Gasteiger charge is -2.29. The van der Waals surface area contributed by atoms with E-state index in [1.165, 1.54) is 18.2 Å². The zero-order valence-corrected chi connectivity index (χ0v) is 13.3. The number of hydrogen-bond donors (Lipinski definition) is 2. The number of likely N-dealkylation sites (tertiary alicyclic amines) is 1. The van der Waals surface area contributed by atoms with Gasteiger partial charge in [-0.1, -0.05) is 19.1 Å². The van der Waals surface area contributed by atoms with Crippen LogP contribution in [0.1, 0.15) is 25.3 Å². The molecule has 5 nitrogen and oxygen atoms in total. The third-order valence-corrected chi connectivity index (χ3v) is 4.21. The van der Waals surface area contributed by atoms with Crippen LogP contribution in [0.3, 0.4) is 0 Å². The average molecular weight is 322 g/mol. The van der Waals surface area contributed by atoms with Crippen molar-refractivity contribution in [2.45, 2.75) is 32.2 Å². The van der Waals surface area contributed by atoms with E-state index in [2.05, 4.69) is 12.2 Å². The van der Waals surface area contributed by atoms with Crippen molar-refractivity contribution in [2.75, 3.05) is 19.6 Å². The number of rotatable bonds is 6. The molecule has 0 bridgehead atoms. The normalized spacial score (nSPS) is 17.7. The van der Waals surface area contributed by atoms with Gasteiger partial charge in [0.1, 0.15) is 11.9 Å². The summed E-state index contributed by atoms with van der Waals surface area (Å²) in [6.45, 7) is 4.11. The second kappa shape index (κ2) is 8.06. The fourth-order valence-electron chi connectivity index (χ4n) is 2.76. The molecule has 1 unspecified atom stereocenters. The van der Waals surface area contributed by atoms with E-state index in [-0.39, 0.29) is 18.9 Å². The van der Waals surface area contributed by atoms with Gasteiger partial charge < -0.3 is 10.4 Å². The Labute approximate surface area is 135 Å². The molecule has 0 radical (unpaired) electrons. The van der Waals surface area contributed by atoms with E-state index in [1.54, 1.807) is 6.07 Å². The molecule has 6 heteroatoms. The van der Waals surface area contributed by atoms with Crippen molar-refractivity contribution in [2.24, 2.45) is 5.92 Å². The van der Waals surface area contributed by atoms with Gasteiger partial charge in [0.15, 0.2) is 0 Å². The first-order chi connectivity index (χ1) is 10.9. The molecule has 2 N–H and O–H groups in total. The van der Waals surface area contributed by atoms with E-state index < -0.39 is 17.8 Å². The Morgan fingerprint density at radius 2 is 2.09 bits per heavy atom. The molecule has 1 saturated heterocycles. The predicted molar refractivity (Wildman–Crippen MR) is 84.5 cm³/mol. The Balaban J connectivity index is 1.88. The molecule has 0 saturated carbocycles. The van der Waals surface area contributed by atoms with Crippen molar-refractivity contribution in [3.63, 3.8) is 0 Å². The summed E-state index contributed by atoms with van der Waals surface area (Å²) < 4.78 is 13.2. The van der Waals surface area contributed by atoms with Crippen LogP contribution in [-0.2, 0) is 16.0 Å². The number of amides is 1. The van der Waals surface area contributed by atoms with Crippen molar-refractivity contribution in [1.29, 1.82) is 0 Å². The maximum absolute atomic E-state index is 13.2. The number of carbonyl (C=O) groups excluding carboxylic acids is 1. The quantitative estimate of drug-likeness (QED) is 0.836. The highest BCUT2D eigenvalue weighted by molar-refractivity contribution is 5.84. The molecular formula is C17H23FN2O3. The number of hydrogen-bond acceptors (Lipinski definition) is 3. The number of carboxylic acids is 1. The first kappa shape index (κ1) is 17.4. The maximum atomic E-state index is 13.2. The van der Waals surface area contributed by atoms with Crippen molar-refractivity contribution >= 4 is 11.9 Å². The lowest BCUT2D eigenvalue weighted by Crippen LogP contribution is -2.47. The van der Waals surface area contributed by atoms with Crippen molar-refractivity contribution in [3.8, 4) is 0 Å². The molecule has 1 heterocycles. The third kappa shape index (κ3) is 5.63. The lowest BCUT2D eigenvalue weighted by molar-refractivity contribution is -0.142. The molecule has 0 aromatic heterocycles. The summed E-state index contributed by atoms with van der Waals surface area (Å²) in [7, 11) is 0. The minimum Gasteiger partial charge on any atom is -0.480 e. The Bertz CT molecular complexity index is 557. The highest BCUT2D eigenvalue weighted by Gasteiger charge is 2.23. The summed E-state index contributed by atoms with van der Waals surface area (Å²) in [6.07, 6.45) is 2.17. The first-order valence-corrected chi connectivity index (χ1v) is 7.93. The van der Waals surface area contributed by atoms with Crippen LogP contribution in [0.25, 0.3) is 0 Å². The Morgan fingerprint density at radius 1 is 1.39 bits per heavy atom. The second-order valence-electron chi connectivity index (χ2n) is 6.25. The van der Waals surface area contributed by atoms with Gasteiger partial charge in [0.05, 0.1) is 6.54 Å². The van der Waals surface area contributed by atoms with Crippen LogP contribution in [0.4, 0.5) is 4.39 Å². The van der Waals surface area contributed by atoms with Gasteiger partial charge in [-0.15, -0.1) is 0 Å². The second-order valence-corrected chi connectivity index (χ2v) is 6.25. The molecule has 1 aliphatic heterocycles. The smallest absolute Gasteiger partial charge is 0.326 e. The number of aliphatic carboxylic acids is 1. The fraction of sp³-hybridized carbons (Fsp3) is 0.529. The number of halogens is 1. The zero-order chi connectivity index (χ0) is 16.8. The monoisotopic (exact) mass is 322 g/mol. The first-order valence-electron chi connectivity index (χ1n) is 7.93. The highest BCUT2D eigenvalue weighted by Crippen LogP contribution is 2.15. The topological polar surface area (TPSA) is 69.6 Å². The van der Waals surface area contributed by atoms with Crippen molar-refractivity contribution in [1.82, 2.24) is 10.2 Å². The molecular weight excluding hydrogens is 299 g/mol. The Morgan fingerprint density at radius 3 is 2.70 bits per heavy atom. The number of carbonyl (C=O) groups is 2. The van der Waals surface area contributed by atoms with Crippen molar-refractivity contribution < 1.29 is 19.1 Å². The average Bonchev–Trinajstić information content (AvgIpc) is 2.49. The predicted octanol–water partition coefficient (Wildman–Crippen LogP) is 1.67. The van der Waals surface area contributed by atoms with E-state index >= 15 is 0 Å². The summed E-state index contributed by atoms with van der Waals surface area (Å²) >= 11 is 0. The lowest BCUT2D eigenvalue weighted by atomic mass is 9.99. The van der Waals surface area contributed by atoms with Crippen LogP contribution in [0, 0.1) is 11.7 Å². The van der Waals surface area contributed by atoms with E-state index in [9.17, 15) is 19.1 Å². The highest BCUT2D eigenvalue weighted by atomic mass is 19.1. The molecule has 0 aliphatic carbocycles. The Hall–Kier alpha value is -1.95. The van der Waals surface area contributed by atoms with Gasteiger partial charge in [-0.2, -0.15) is 0 Å². The molecule has 126 valence electrons. The summed E-state index contributed by atoms with van der Waals surface area (Å²) in [5.41, 5.74) is 0.546. The van der Waals surface area contributed by atoms with E-state index in [0.717, 1.165) is 25.9 Å². The number of piperidine rings is 1. The Kier molecular flexibility index (Phi) is 6.10. The number of carboxylic acid groups (broad SMARTS) is 1. The summed E-state index contributed by atoms with van der Waals surface area (Å²) in [4.78, 5) is 25.5. The maximum Gasteiger partial charge on any atom is 0.326 e. The van der Waals surface area contributed by atoms with Crippen LogP contribution >= 0.6 is 0 Å². The fourth-order valence-corrected chi connectivity index (χ4v) is 2.76. The third-order valence-electron chi connectivity index (χ3n) is 4.21. The van der Waals surface area contributed by atoms with Gasteiger partial charge in [-0.25, -0.2) is 9.18 Å². The molecule has 1 atom stereocenters. The van der Waals surface area contributed by atoms with Gasteiger partial charge in [-0.3, -0.25) is 9.69 Å². The number of nitrogens with zero attached hydrogens (tertiary/aromatic N) is 1. The van der Waals surface area contributed by atoms with Crippen LogP contribution in [0.15, 0.2) is 24.3 Å². The summed E-state index contributed by atoms with van der Waals surface area (Å²) in [5, 5.41) is 11.8. The number of benzene rings is 1. The molecule has 1 aromatic carbocycles. The molecule has 1 fully saturated rings. The standard InChI is InChI=1S/C17H23FN2O3/c1-12-5-7-20(8-6-12)11-16(21)19-15(17(22)23)10-13-3-2-4-14(18)9-13/h2-4,9,12,15H,5-8,10-11H2,1H3,(H,19,21)(H,22,23). The van der Waals surface area contributed by atoms with Gasteiger partial charge >= 0.3 is 5.97 Å². The van der Waals surface area contributed by atoms with Gasteiger partial charge in [0.2, 0.25) is 5.91 Å². The van der Waals surface area contributed by atoms with E-state index in [0.29, 0.717) is 11.5 Å². The minimum absolute atomic E-state index is 0.0653. The van der Waals surface area contributed by atoms with Gasteiger partial charge in [-0.05, 0) is 49.5 Å². The largest absolute Gasteiger partial charge is 0.480 e. The van der Waals surface area contributed by atoms with Gasteiger partial charge in [0.25, 0.3) is 0 Å². The van der Waals surface area contributed by atoms with Crippen molar-refractivity contribution in [3.05, 3.63) is 35.6 Å². The molecule has 1 aromatic rings. The molecule has 1 aliphatic rings. The van der Waals surface area contributed by atoms with Crippen LogP contribution in [0.5, 0.6) is 0 Å². The van der Waals surface area contributed by atoms with Crippen LogP contribution in [-0.4, -0.2) is 47.6 Å². The van der Waals surface area contributed by atoms with E-state index in [1.807, 2.05) is 4.90 Å². The molecule has 23 heavy (non-hydrogen) atoms. The molecule has 2 rings (SSSR count). The minimum atomic E-state index is -1.12. The van der Waals surface area contributed by atoms with Crippen LogP contribution in [0.2, 0.25) is 0 Å².